The van der Waals surface area contributed by atoms with Crippen molar-refractivity contribution in [2.24, 2.45) is 0 Å². The van der Waals surface area contributed by atoms with Crippen LogP contribution in [0.1, 0.15) is 59.0 Å². The maximum absolute atomic E-state index is 12.3. The van der Waals surface area contributed by atoms with Gasteiger partial charge < -0.3 is 25.9 Å². The second kappa shape index (κ2) is 14.1. The molecule has 2 aliphatic heterocycles. The van der Waals surface area contributed by atoms with Crippen LogP contribution in [0.3, 0.4) is 0 Å². The van der Waals surface area contributed by atoms with E-state index in [1.807, 2.05) is 56.3 Å². The van der Waals surface area contributed by atoms with Crippen LogP contribution in [-0.4, -0.2) is 91.0 Å². The Morgan fingerprint density at radius 2 is 1.48 bits per heavy atom. The van der Waals surface area contributed by atoms with Gasteiger partial charge in [0.15, 0.2) is 17.4 Å². The number of rotatable bonds is 4. The molecule has 4 aromatic heterocycles. The van der Waals surface area contributed by atoms with Crippen molar-refractivity contribution < 1.29 is 29.8 Å². The van der Waals surface area contributed by atoms with Gasteiger partial charge in [-0.3, -0.25) is 9.97 Å². The molecular formula is C30H44AlLiN6O2. The molecule has 4 aromatic rings. The number of carbonyl (C=O) groups excluding carboxylic acids is 1. The predicted octanol–water partition coefficient (Wildman–Crippen LogP) is 1.64. The van der Waals surface area contributed by atoms with Crippen LogP contribution >= 0.6 is 0 Å². The molecule has 40 heavy (non-hydrogen) atoms. The zero-order valence-corrected chi connectivity index (χ0v) is 24.0. The number of likely N-dealkylation sites (tertiary alicyclic amines) is 2. The van der Waals surface area contributed by atoms with Crippen molar-refractivity contribution in [3.05, 3.63) is 60.2 Å². The van der Waals surface area contributed by atoms with E-state index in [9.17, 15) is 4.79 Å². The number of hydrogen-bond donors (Lipinski definition) is 2. The van der Waals surface area contributed by atoms with Crippen LogP contribution in [-0.2, 0) is 17.6 Å². The van der Waals surface area contributed by atoms with Crippen molar-refractivity contribution >= 4 is 45.5 Å². The summed E-state index contributed by atoms with van der Waals surface area (Å²) in [6, 6.07) is 8.89. The van der Waals surface area contributed by atoms with Gasteiger partial charge in [0.25, 0.3) is 0 Å². The van der Waals surface area contributed by atoms with E-state index >= 15 is 0 Å². The first kappa shape index (κ1) is 32.3. The van der Waals surface area contributed by atoms with Gasteiger partial charge >= 0.3 is 25.0 Å². The number of aromatic nitrogens is 4. The number of pyridine rings is 2. The first-order valence-corrected chi connectivity index (χ1v) is 13.8. The summed E-state index contributed by atoms with van der Waals surface area (Å²) in [5.41, 5.74) is 6.40. The smallest absolute Gasteiger partial charge is 1.00 e. The Morgan fingerprint density at radius 1 is 0.950 bits per heavy atom. The Morgan fingerprint density at radius 3 is 2.00 bits per heavy atom. The van der Waals surface area contributed by atoms with E-state index in [0.717, 1.165) is 59.9 Å². The average Bonchev–Trinajstić information content (AvgIpc) is 3.68. The Balaban J connectivity index is 0.000000278. The number of nitrogens with one attached hydrogen (secondary N) is 2. The molecule has 0 spiro atoms. The number of H-pyrrole nitrogens is 2. The molecule has 2 fully saturated rings. The third-order valence-corrected chi connectivity index (χ3v) is 7.62. The zero-order chi connectivity index (χ0) is 26.7. The van der Waals surface area contributed by atoms with Gasteiger partial charge in [-0.2, -0.15) is 0 Å². The number of amides is 1. The van der Waals surface area contributed by atoms with Gasteiger partial charge in [0.1, 0.15) is 5.60 Å². The van der Waals surface area contributed by atoms with Gasteiger partial charge in [-0.15, -0.1) is 0 Å². The molecule has 2 aliphatic rings. The number of hydrogen-bond acceptors (Lipinski definition) is 5. The molecule has 210 valence electrons. The van der Waals surface area contributed by atoms with Crippen molar-refractivity contribution in [3.63, 3.8) is 0 Å². The summed E-state index contributed by atoms with van der Waals surface area (Å²) in [6.45, 7) is 7.72. The Hall–Kier alpha value is -2.26. The minimum atomic E-state index is -0.452. The van der Waals surface area contributed by atoms with E-state index in [1.165, 1.54) is 24.9 Å². The van der Waals surface area contributed by atoms with Crippen molar-refractivity contribution in [1.82, 2.24) is 29.7 Å². The summed E-state index contributed by atoms with van der Waals surface area (Å²) in [5, 5.41) is 0. The first-order valence-electron chi connectivity index (χ1n) is 13.8. The molecular weight excluding hydrogens is 510 g/mol. The van der Waals surface area contributed by atoms with Gasteiger partial charge in [-0.25, -0.2) is 4.79 Å². The summed E-state index contributed by atoms with van der Waals surface area (Å²) in [4.78, 5) is 32.1. The summed E-state index contributed by atoms with van der Waals surface area (Å²) in [6.07, 6.45) is 14.2. The molecule has 0 aliphatic carbocycles. The van der Waals surface area contributed by atoms with Crippen LogP contribution in [0.5, 0.6) is 0 Å². The molecule has 10 heteroatoms. The Labute approximate surface area is 261 Å². The molecule has 2 atom stereocenters. The Bertz CT molecular complexity index is 1390. The van der Waals surface area contributed by atoms with E-state index < -0.39 is 5.60 Å². The van der Waals surface area contributed by atoms with Crippen LogP contribution in [0.4, 0.5) is 4.79 Å². The van der Waals surface area contributed by atoms with E-state index in [0.29, 0.717) is 6.04 Å². The molecule has 2 saturated heterocycles. The van der Waals surface area contributed by atoms with Gasteiger partial charge in [-0.05, 0) is 108 Å². The van der Waals surface area contributed by atoms with Gasteiger partial charge in [-0.1, -0.05) is 0 Å². The van der Waals surface area contributed by atoms with Crippen molar-refractivity contribution in [2.75, 3.05) is 20.1 Å². The van der Waals surface area contributed by atoms with Crippen LogP contribution < -0.4 is 18.9 Å². The van der Waals surface area contributed by atoms with Crippen molar-refractivity contribution in [1.29, 1.82) is 0 Å². The molecule has 2 N–H and O–H groups in total. The SMILES string of the molecule is CC(C)(C)OC(=O)N1CCC[C@@H]1Cc1c[nH]c2cccnc12.CN1CCC[C@@H]1Cc1c[nH]c2cccnc12.[AlH3].[H-].[Li+]. The average molecular weight is 555 g/mol. The monoisotopic (exact) mass is 554 g/mol. The largest absolute Gasteiger partial charge is 1.00 e. The standard InChI is InChI=1S/C17H23N3O2.C13H17N3.Al.Li.4H/c1-17(2,3)22-16(21)20-9-5-6-13(20)10-12-11-19-14-7-4-8-18-15(12)14;1-16-7-3-4-11(16)8-10-9-15-12-5-2-6-14-13(10)12;;;;;;/h4,7-8,11,13,19H,5-6,9-10H2,1-3H3;2,5-6,9,11,15H,3-4,7-8H2,1H3;;;;;;/q;;;+1;;;;-1/t13-;11-;;;;;;/m11....../s1. The number of nitrogens with zero attached hydrogens (tertiary/aromatic N) is 4. The number of aromatic amines is 2. The fourth-order valence-electron chi connectivity index (χ4n) is 5.69. The topological polar surface area (TPSA) is 90.1 Å². The molecule has 0 bridgehead atoms. The van der Waals surface area contributed by atoms with E-state index in [2.05, 4.69) is 44.1 Å². The molecule has 0 aromatic carbocycles. The van der Waals surface area contributed by atoms with E-state index in [-0.39, 0.29) is 49.8 Å². The fraction of sp³-hybridized carbons (Fsp3) is 0.500. The minimum absolute atomic E-state index is 0. The number of likely N-dealkylation sites (N-methyl/N-ethyl adjacent to an activating group) is 1. The Kier molecular flexibility index (Phi) is 11.4. The molecule has 0 unspecified atom stereocenters. The zero-order valence-electron chi connectivity index (χ0n) is 25.0. The summed E-state index contributed by atoms with van der Waals surface area (Å²) in [7, 11) is 2.22. The third-order valence-electron chi connectivity index (χ3n) is 7.62. The maximum atomic E-state index is 12.3. The fourth-order valence-corrected chi connectivity index (χ4v) is 5.69. The molecule has 6 heterocycles. The second-order valence-electron chi connectivity index (χ2n) is 11.6. The van der Waals surface area contributed by atoms with E-state index in [1.54, 1.807) is 6.20 Å². The van der Waals surface area contributed by atoms with Gasteiger partial charge in [0, 0.05) is 43.4 Å². The summed E-state index contributed by atoms with van der Waals surface area (Å²) in [5.74, 6) is 0. The van der Waals surface area contributed by atoms with Crippen LogP contribution in [0.25, 0.3) is 22.1 Å². The third kappa shape index (κ3) is 7.72. The number of ether oxygens (including phenoxy) is 1. The van der Waals surface area contributed by atoms with Crippen LogP contribution in [0.15, 0.2) is 49.1 Å². The predicted molar refractivity (Wildman–Crippen MR) is 162 cm³/mol. The van der Waals surface area contributed by atoms with Crippen LogP contribution in [0.2, 0.25) is 0 Å². The molecule has 1 amide bonds. The number of fused-ring (bicyclic) bond motifs is 2. The molecule has 0 radical (unpaired) electrons. The van der Waals surface area contributed by atoms with Crippen LogP contribution in [0, 0.1) is 0 Å². The quantitative estimate of drug-likeness (QED) is 0.375. The molecule has 8 nitrogen and oxygen atoms in total. The number of carbonyl (C=O) groups is 1. The minimum Gasteiger partial charge on any atom is -1.00 e. The van der Waals surface area contributed by atoms with Crippen molar-refractivity contribution in [2.45, 2.75) is 77.0 Å². The van der Waals surface area contributed by atoms with Gasteiger partial charge in [0.2, 0.25) is 0 Å². The summed E-state index contributed by atoms with van der Waals surface area (Å²) >= 11 is 0. The van der Waals surface area contributed by atoms with Gasteiger partial charge in [0.05, 0.1) is 22.1 Å². The maximum Gasteiger partial charge on any atom is 1.00 e. The first-order chi connectivity index (χ1) is 18.3. The second-order valence-corrected chi connectivity index (χ2v) is 11.6. The normalized spacial score (nSPS) is 19.1. The van der Waals surface area contributed by atoms with Crippen molar-refractivity contribution in [3.8, 4) is 0 Å². The molecule has 6 rings (SSSR count). The van der Waals surface area contributed by atoms with E-state index in [4.69, 9.17) is 4.74 Å². The summed E-state index contributed by atoms with van der Waals surface area (Å²) < 4.78 is 5.52. The molecule has 0 saturated carbocycles.